The molecule has 7 nitrogen and oxygen atoms in total. The van der Waals surface area contributed by atoms with Gasteiger partial charge in [-0.05, 0) is 0 Å². The van der Waals surface area contributed by atoms with Crippen molar-refractivity contribution in [1.29, 1.82) is 0 Å². The van der Waals surface area contributed by atoms with Crippen molar-refractivity contribution in [1.82, 2.24) is 0 Å². The summed E-state index contributed by atoms with van der Waals surface area (Å²) in [6.07, 6.45) is 0. The quantitative estimate of drug-likeness (QED) is 0.543. The first-order valence-corrected chi connectivity index (χ1v) is 11.0. The van der Waals surface area contributed by atoms with Gasteiger partial charge < -0.3 is 0 Å². The summed E-state index contributed by atoms with van der Waals surface area (Å²) in [6.45, 7) is 3.21. The molecule has 1 N–H and O–H groups in total. The average Bonchev–Trinajstić information content (AvgIpc) is 2.95. The molecule has 0 amide bonds. The van der Waals surface area contributed by atoms with Crippen LogP contribution >= 0.6 is 7.74 Å². The van der Waals surface area contributed by atoms with Gasteiger partial charge in [-0.1, -0.05) is 0 Å². The molecule has 0 aromatic heterocycles. The Balaban J connectivity index is 2.18. The number of anilines is 1. The van der Waals surface area contributed by atoms with Crippen molar-refractivity contribution in [2.75, 3.05) is 24.8 Å². The summed E-state index contributed by atoms with van der Waals surface area (Å²) in [5, 5.41) is 11.7. The summed E-state index contributed by atoms with van der Waals surface area (Å²) in [5.41, 5.74) is 1.11. The molecule has 1 heterocycles. The third-order valence-electron chi connectivity index (χ3n) is 4.12. The SMILES string of the molecule is CCOP1(OCC)(OCC)ON(c2ccccc2)[B@@-](O)(c2ccccc2)O1. The molecular weight excluding hydrogens is 368 g/mol. The molecule has 2 aromatic carbocycles. The molecule has 1 fully saturated rings. The first-order valence-electron chi connectivity index (χ1n) is 9.17. The maximum atomic E-state index is 11.7. The zero-order valence-corrected chi connectivity index (χ0v) is 16.7. The summed E-state index contributed by atoms with van der Waals surface area (Å²) >= 11 is 0. The van der Waals surface area contributed by atoms with E-state index >= 15 is 0 Å². The van der Waals surface area contributed by atoms with Crippen LogP contribution in [0.2, 0.25) is 0 Å². The van der Waals surface area contributed by atoms with E-state index < -0.39 is 14.4 Å². The van der Waals surface area contributed by atoms with Gasteiger partial charge in [-0.25, -0.2) is 0 Å². The molecule has 1 aliphatic heterocycles. The van der Waals surface area contributed by atoms with Crippen molar-refractivity contribution in [3.05, 3.63) is 60.7 Å². The van der Waals surface area contributed by atoms with Gasteiger partial charge in [0.05, 0.1) is 0 Å². The van der Waals surface area contributed by atoms with Crippen LogP contribution in [-0.4, -0.2) is 31.5 Å². The molecule has 1 aliphatic rings. The van der Waals surface area contributed by atoms with E-state index in [1.54, 1.807) is 45.0 Å². The van der Waals surface area contributed by atoms with Gasteiger partial charge in [0.1, 0.15) is 0 Å². The molecule has 1 atom stereocenters. The first kappa shape index (κ1) is 20.2. The molecule has 2 aromatic rings. The fraction of sp³-hybridized carbons (Fsp3) is 0.333. The van der Waals surface area contributed by atoms with E-state index in [4.69, 9.17) is 22.6 Å². The Morgan fingerprint density at radius 1 is 0.852 bits per heavy atom. The molecule has 1 saturated heterocycles. The van der Waals surface area contributed by atoms with Crippen LogP contribution in [0.4, 0.5) is 5.69 Å². The normalized spacial score (nSPS) is 25.0. The average molecular weight is 394 g/mol. The number of para-hydroxylation sites is 1. The van der Waals surface area contributed by atoms with E-state index in [9.17, 15) is 5.02 Å². The topological polar surface area (TPSA) is 69.6 Å². The minimum atomic E-state index is -4.54. The molecule has 3 rings (SSSR count). The van der Waals surface area contributed by atoms with Gasteiger partial charge in [-0.15, -0.1) is 0 Å². The Morgan fingerprint density at radius 3 is 1.81 bits per heavy atom. The van der Waals surface area contributed by atoms with E-state index in [2.05, 4.69) is 0 Å². The zero-order chi connectivity index (χ0) is 19.4. The summed E-state index contributed by atoms with van der Waals surface area (Å²) in [4.78, 5) is 1.31. The first-order chi connectivity index (χ1) is 13.0. The molecule has 0 saturated carbocycles. The second-order valence-corrected chi connectivity index (χ2v) is 8.60. The van der Waals surface area contributed by atoms with Crippen LogP contribution in [0.5, 0.6) is 0 Å². The van der Waals surface area contributed by atoms with Gasteiger partial charge in [-0.2, -0.15) is 0 Å². The van der Waals surface area contributed by atoms with Crippen molar-refractivity contribution >= 4 is 25.6 Å². The van der Waals surface area contributed by atoms with E-state index in [0.717, 1.165) is 0 Å². The standard InChI is InChI=1S/C18H26BNO6P/c1-4-22-27(23-5-2,24-6-3)25-19(21,17-13-9-7-10-14-17)20(26-27)18-15-11-8-12-16-18/h7-16,21H,4-6H2,1-3H3/q-1/t19-/m1/s1. The maximum absolute atomic E-state index is 11.7. The Kier molecular flexibility index (Phi) is 5.89. The molecule has 0 unspecified atom stereocenters. The monoisotopic (exact) mass is 394 g/mol. The Bertz CT molecular complexity index is 732. The predicted octanol–water partition coefficient (Wildman–Crippen LogP) is 3.53. The molecule has 0 radical (unpaired) electrons. The Hall–Kier alpha value is -1.51. The molecule has 0 spiro atoms. The van der Waals surface area contributed by atoms with Crippen LogP contribution in [0.15, 0.2) is 60.7 Å². The van der Waals surface area contributed by atoms with Crippen molar-refractivity contribution in [2.45, 2.75) is 20.8 Å². The van der Waals surface area contributed by atoms with E-state index in [1.165, 1.54) is 4.97 Å². The van der Waals surface area contributed by atoms with Crippen LogP contribution in [0, 0.1) is 0 Å². The fourth-order valence-corrected chi connectivity index (χ4v) is 6.19. The summed E-state index contributed by atoms with van der Waals surface area (Å²) in [7, 11) is -4.54. The molecular formula is C18H26BNO6P-. The summed E-state index contributed by atoms with van der Waals surface area (Å²) in [5.74, 6) is 0. The molecule has 9 heteroatoms. The van der Waals surface area contributed by atoms with Crippen molar-refractivity contribution in [3.8, 4) is 0 Å². The van der Waals surface area contributed by atoms with Crippen LogP contribution in [0.25, 0.3) is 0 Å². The third kappa shape index (κ3) is 3.62. The van der Waals surface area contributed by atoms with Gasteiger partial charge in [0.25, 0.3) is 0 Å². The number of hydrogen-bond donors (Lipinski definition) is 1. The number of rotatable bonds is 8. The van der Waals surface area contributed by atoms with Crippen molar-refractivity contribution in [3.63, 3.8) is 0 Å². The number of hydrogen-bond acceptors (Lipinski definition) is 7. The summed E-state index contributed by atoms with van der Waals surface area (Å²) in [6, 6.07) is 18.2. The second kappa shape index (κ2) is 7.85. The second-order valence-electron chi connectivity index (χ2n) is 5.96. The summed E-state index contributed by atoms with van der Waals surface area (Å²) < 4.78 is 30.0. The van der Waals surface area contributed by atoms with Gasteiger partial charge in [-0.3, -0.25) is 0 Å². The Morgan fingerprint density at radius 2 is 1.33 bits per heavy atom. The Labute approximate surface area is 160 Å². The molecule has 27 heavy (non-hydrogen) atoms. The zero-order valence-electron chi connectivity index (χ0n) is 15.9. The van der Waals surface area contributed by atoms with Crippen LogP contribution in [-0.2, 0) is 22.6 Å². The predicted molar refractivity (Wildman–Crippen MR) is 107 cm³/mol. The van der Waals surface area contributed by atoms with Crippen molar-refractivity contribution < 1.29 is 27.7 Å². The van der Waals surface area contributed by atoms with Gasteiger partial charge in [0, 0.05) is 0 Å². The fourth-order valence-electron chi connectivity index (χ4n) is 3.14. The van der Waals surface area contributed by atoms with Crippen LogP contribution in [0.1, 0.15) is 20.8 Å². The van der Waals surface area contributed by atoms with E-state index in [0.29, 0.717) is 11.2 Å². The van der Waals surface area contributed by atoms with Crippen LogP contribution < -0.4 is 10.4 Å². The number of nitrogens with zero attached hydrogens (tertiary/aromatic N) is 1. The van der Waals surface area contributed by atoms with Gasteiger partial charge in [0.15, 0.2) is 0 Å². The molecule has 148 valence electrons. The van der Waals surface area contributed by atoms with E-state index in [1.807, 2.05) is 36.4 Å². The minimum absolute atomic E-state index is 0.224. The van der Waals surface area contributed by atoms with Crippen LogP contribution in [0.3, 0.4) is 0 Å². The van der Waals surface area contributed by atoms with Crippen molar-refractivity contribution in [2.24, 2.45) is 0 Å². The number of benzene rings is 2. The molecule has 0 aliphatic carbocycles. The van der Waals surface area contributed by atoms with E-state index in [-0.39, 0.29) is 19.8 Å². The third-order valence-corrected chi connectivity index (χ3v) is 7.24. The van der Waals surface area contributed by atoms with Gasteiger partial charge >= 0.3 is 159 Å². The van der Waals surface area contributed by atoms with Gasteiger partial charge in [0.2, 0.25) is 0 Å². The molecule has 0 bridgehead atoms.